The van der Waals surface area contributed by atoms with Crippen molar-refractivity contribution in [2.24, 2.45) is 0 Å². The second kappa shape index (κ2) is 7.50. The zero-order valence-corrected chi connectivity index (χ0v) is 14.2. The molecule has 2 N–H and O–H groups in total. The highest BCUT2D eigenvalue weighted by molar-refractivity contribution is 7.98. The smallest absolute Gasteiger partial charge is 0.326 e. The molecule has 0 spiro atoms. The average molecular weight is 336 g/mol. The van der Waals surface area contributed by atoms with Crippen molar-refractivity contribution in [2.75, 3.05) is 12.0 Å². The standard InChI is InChI=1S/C16H20N2O4S/c1-9-6-11-13(18-22-14(11)7-10(9)2)8-15(19)17-12(16(20)21)4-5-23-3/h6-7,12H,4-5,8H2,1-3H3,(H,17,19)(H,20,21). The lowest BCUT2D eigenvalue weighted by Gasteiger charge is -2.13. The lowest BCUT2D eigenvalue weighted by molar-refractivity contribution is -0.141. The van der Waals surface area contributed by atoms with Crippen molar-refractivity contribution >= 4 is 34.6 Å². The molecule has 1 aromatic carbocycles. The average Bonchev–Trinajstić information content (AvgIpc) is 2.86. The molecule has 0 fully saturated rings. The van der Waals surface area contributed by atoms with E-state index in [9.17, 15) is 9.59 Å². The van der Waals surface area contributed by atoms with Gasteiger partial charge in [0.1, 0.15) is 11.7 Å². The van der Waals surface area contributed by atoms with Crippen molar-refractivity contribution in [2.45, 2.75) is 32.7 Å². The fourth-order valence-electron chi connectivity index (χ4n) is 2.26. The van der Waals surface area contributed by atoms with Crippen molar-refractivity contribution in [3.63, 3.8) is 0 Å². The number of benzene rings is 1. The largest absolute Gasteiger partial charge is 0.480 e. The third-order valence-corrected chi connectivity index (χ3v) is 4.38. The maximum atomic E-state index is 12.1. The van der Waals surface area contributed by atoms with Gasteiger partial charge in [-0.15, -0.1) is 0 Å². The number of aliphatic carboxylic acids is 1. The van der Waals surface area contributed by atoms with Crippen LogP contribution in [0.1, 0.15) is 23.2 Å². The molecule has 6 nitrogen and oxygen atoms in total. The molecule has 1 atom stereocenters. The molecule has 2 rings (SSSR count). The van der Waals surface area contributed by atoms with E-state index in [4.69, 9.17) is 9.63 Å². The first kappa shape index (κ1) is 17.3. The molecule has 1 amide bonds. The number of amides is 1. The Kier molecular flexibility index (Phi) is 5.65. The number of fused-ring (bicyclic) bond motifs is 1. The second-order valence-electron chi connectivity index (χ2n) is 5.48. The normalized spacial score (nSPS) is 12.3. The zero-order chi connectivity index (χ0) is 17.0. The number of carbonyl (C=O) groups is 2. The van der Waals surface area contributed by atoms with Gasteiger partial charge in [-0.25, -0.2) is 4.79 Å². The molecule has 0 aliphatic rings. The highest BCUT2D eigenvalue weighted by Gasteiger charge is 2.21. The van der Waals surface area contributed by atoms with E-state index < -0.39 is 12.0 Å². The van der Waals surface area contributed by atoms with Crippen LogP contribution >= 0.6 is 11.8 Å². The number of carboxylic acid groups (broad SMARTS) is 1. The molecular weight excluding hydrogens is 316 g/mol. The lowest BCUT2D eigenvalue weighted by atomic mass is 10.1. The van der Waals surface area contributed by atoms with E-state index in [1.165, 1.54) is 0 Å². The molecule has 0 bridgehead atoms. The van der Waals surface area contributed by atoms with Crippen molar-refractivity contribution in [3.05, 3.63) is 29.0 Å². The van der Waals surface area contributed by atoms with E-state index >= 15 is 0 Å². The number of carbonyl (C=O) groups excluding carboxylic acids is 1. The molecule has 0 aliphatic heterocycles. The first-order chi connectivity index (χ1) is 10.9. The van der Waals surface area contributed by atoms with Gasteiger partial charge in [0, 0.05) is 5.39 Å². The van der Waals surface area contributed by atoms with Crippen LogP contribution in [0.15, 0.2) is 16.7 Å². The van der Waals surface area contributed by atoms with E-state index in [1.807, 2.05) is 32.2 Å². The molecule has 0 saturated carbocycles. The fourth-order valence-corrected chi connectivity index (χ4v) is 2.73. The molecule has 1 heterocycles. The molecule has 2 aromatic rings. The molecule has 124 valence electrons. The van der Waals surface area contributed by atoms with Crippen LogP contribution in [-0.2, 0) is 16.0 Å². The van der Waals surface area contributed by atoms with E-state index in [0.29, 0.717) is 23.5 Å². The Bertz CT molecular complexity index is 726. The van der Waals surface area contributed by atoms with Crippen LogP contribution in [0, 0.1) is 13.8 Å². The van der Waals surface area contributed by atoms with Crippen molar-refractivity contribution < 1.29 is 19.2 Å². The molecule has 0 aliphatic carbocycles. The molecular formula is C16H20N2O4S. The van der Waals surface area contributed by atoms with Gasteiger partial charge in [-0.1, -0.05) is 5.16 Å². The van der Waals surface area contributed by atoms with Gasteiger partial charge < -0.3 is 14.9 Å². The zero-order valence-electron chi connectivity index (χ0n) is 13.4. The highest BCUT2D eigenvalue weighted by Crippen LogP contribution is 2.23. The Hall–Kier alpha value is -2.02. The third kappa shape index (κ3) is 4.25. The van der Waals surface area contributed by atoms with Gasteiger partial charge in [0.25, 0.3) is 0 Å². The van der Waals surface area contributed by atoms with Crippen molar-refractivity contribution in [1.82, 2.24) is 10.5 Å². The quantitative estimate of drug-likeness (QED) is 0.806. The topological polar surface area (TPSA) is 92.4 Å². The minimum Gasteiger partial charge on any atom is -0.480 e. The number of hydrogen-bond acceptors (Lipinski definition) is 5. The summed E-state index contributed by atoms with van der Waals surface area (Å²) in [7, 11) is 0. The summed E-state index contributed by atoms with van der Waals surface area (Å²) in [4.78, 5) is 23.3. The van der Waals surface area contributed by atoms with Gasteiger partial charge in [-0.3, -0.25) is 4.79 Å². The summed E-state index contributed by atoms with van der Waals surface area (Å²) in [6.45, 7) is 3.96. The Balaban J connectivity index is 2.10. The summed E-state index contributed by atoms with van der Waals surface area (Å²) in [5.41, 5.74) is 3.33. The first-order valence-corrected chi connectivity index (χ1v) is 8.68. The molecule has 1 unspecified atom stereocenters. The Morgan fingerprint density at radius 2 is 2.04 bits per heavy atom. The second-order valence-corrected chi connectivity index (χ2v) is 6.46. The van der Waals surface area contributed by atoms with Crippen LogP contribution in [0.3, 0.4) is 0 Å². The minimum absolute atomic E-state index is 0.00144. The SMILES string of the molecule is CSCCC(NC(=O)Cc1noc2cc(C)c(C)cc12)C(=O)O. The first-order valence-electron chi connectivity index (χ1n) is 7.29. The Morgan fingerprint density at radius 3 is 2.70 bits per heavy atom. The van der Waals surface area contributed by atoms with Gasteiger partial charge in [0.05, 0.1) is 6.42 Å². The third-order valence-electron chi connectivity index (χ3n) is 3.73. The van der Waals surface area contributed by atoms with Crippen LogP contribution < -0.4 is 5.32 Å². The molecule has 1 aromatic heterocycles. The van der Waals surface area contributed by atoms with E-state index in [-0.39, 0.29) is 12.3 Å². The Morgan fingerprint density at radius 1 is 1.35 bits per heavy atom. The van der Waals surface area contributed by atoms with Crippen LogP contribution in [-0.4, -0.2) is 40.2 Å². The fraction of sp³-hybridized carbons (Fsp3) is 0.438. The molecule has 23 heavy (non-hydrogen) atoms. The van der Waals surface area contributed by atoms with Crippen LogP contribution in [0.2, 0.25) is 0 Å². The summed E-state index contributed by atoms with van der Waals surface area (Å²) < 4.78 is 5.25. The summed E-state index contributed by atoms with van der Waals surface area (Å²) >= 11 is 1.54. The molecule has 0 radical (unpaired) electrons. The number of aryl methyl sites for hydroxylation is 2. The molecule has 7 heteroatoms. The van der Waals surface area contributed by atoms with Crippen LogP contribution in [0.5, 0.6) is 0 Å². The predicted octanol–water partition coefficient (Wildman–Crippen LogP) is 2.31. The number of thioether (sulfide) groups is 1. The van der Waals surface area contributed by atoms with Gasteiger partial charge >= 0.3 is 5.97 Å². The maximum Gasteiger partial charge on any atom is 0.326 e. The van der Waals surface area contributed by atoms with Crippen LogP contribution in [0.25, 0.3) is 11.0 Å². The predicted molar refractivity (Wildman–Crippen MR) is 89.8 cm³/mol. The van der Waals surface area contributed by atoms with E-state index in [1.54, 1.807) is 11.8 Å². The number of nitrogens with zero attached hydrogens (tertiary/aromatic N) is 1. The van der Waals surface area contributed by atoms with Gasteiger partial charge in [0.2, 0.25) is 5.91 Å². The van der Waals surface area contributed by atoms with Crippen LogP contribution in [0.4, 0.5) is 0 Å². The minimum atomic E-state index is -1.02. The summed E-state index contributed by atoms with van der Waals surface area (Å²) in [5, 5.41) is 16.4. The number of carboxylic acids is 1. The monoisotopic (exact) mass is 336 g/mol. The molecule has 0 saturated heterocycles. The maximum absolute atomic E-state index is 12.1. The number of aromatic nitrogens is 1. The highest BCUT2D eigenvalue weighted by atomic mass is 32.2. The van der Waals surface area contributed by atoms with Crippen molar-refractivity contribution in [1.29, 1.82) is 0 Å². The van der Waals surface area contributed by atoms with Gasteiger partial charge in [-0.05, 0) is 55.5 Å². The van der Waals surface area contributed by atoms with E-state index in [0.717, 1.165) is 16.5 Å². The summed E-state index contributed by atoms with van der Waals surface area (Å²) in [6, 6.07) is 2.95. The van der Waals surface area contributed by atoms with Gasteiger partial charge in [-0.2, -0.15) is 11.8 Å². The lowest BCUT2D eigenvalue weighted by Crippen LogP contribution is -2.41. The summed E-state index contributed by atoms with van der Waals surface area (Å²) in [5.74, 6) is -0.724. The Labute approximate surface area is 138 Å². The van der Waals surface area contributed by atoms with Gasteiger partial charge in [0.15, 0.2) is 5.58 Å². The van der Waals surface area contributed by atoms with E-state index in [2.05, 4.69) is 10.5 Å². The number of nitrogens with one attached hydrogen (secondary N) is 1. The van der Waals surface area contributed by atoms with Crippen molar-refractivity contribution in [3.8, 4) is 0 Å². The number of rotatable bonds is 7. The number of hydrogen-bond donors (Lipinski definition) is 2. The summed E-state index contributed by atoms with van der Waals surface area (Å²) in [6.07, 6.45) is 2.28.